The smallest absolute Gasteiger partial charge is 0.00412 e. The zero-order valence-corrected chi connectivity index (χ0v) is 11.2. The highest BCUT2D eigenvalue weighted by Crippen LogP contribution is 2.43. The van der Waals surface area contributed by atoms with Crippen LogP contribution in [0.5, 0.6) is 0 Å². The predicted octanol–water partition coefficient (Wildman–Crippen LogP) is 4.08. The molecule has 0 atom stereocenters. The molecule has 0 aromatic rings. The third-order valence-corrected chi connectivity index (χ3v) is 4.11. The van der Waals surface area contributed by atoms with Crippen molar-refractivity contribution in [3.63, 3.8) is 0 Å². The van der Waals surface area contributed by atoms with E-state index in [9.17, 15) is 0 Å². The Labute approximate surface area is 96.2 Å². The lowest BCUT2D eigenvalue weighted by Crippen LogP contribution is -2.33. The molecule has 0 radical (unpaired) electrons. The summed E-state index contributed by atoms with van der Waals surface area (Å²) in [5, 5.41) is 0. The Morgan fingerprint density at radius 3 is 2.00 bits per heavy atom. The number of hydrogen-bond donors (Lipinski definition) is 0. The van der Waals surface area contributed by atoms with Gasteiger partial charge in [0.2, 0.25) is 0 Å². The lowest BCUT2D eigenvalue weighted by atomic mass is 9.73. The SMILES string of the molecule is CC.CC(C)N1CCC2(CCCCC2)C1. The number of rotatable bonds is 1. The Morgan fingerprint density at radius 1 is 0.933 bits per heavy atom. The van der Waals surface area contributed by atoms with Crippen molar-refractivity contribution >= 4 is 0 Å². The van der Waals surface area contributed by atoms with Crippen molar-refractivity contribution in [1.82, 2.24) is 4.90 Å². The predicted molar refractivity (Wildman–Crippen MR) is 68.2 cm³/mol. The van der Waals surface area contributed by atoms with Crippen molar-refractivity contribution in [3.8, 4) is 0 Å². The Kier molecular flexibility index (Phi) is 5.11. The molecule has 0 unspecified atom stereocenters. The van der Waals surface area contributed by atoms with E-state index in [1.165, 1.54) is 51.6 Å². The van der Waals surface area contributed by atoms with E-state index >= 15 is 0 Å². The van der Waals surface area contributed by atoms with Gasteiger partial charge in [0.25, 0.3) is 0 Å². The van der Waals surface area contributed by atoms with Crippen molar-refractivity contribution in [2.45, 2.75) is 72.3 Å². The minimum Gasteiger partial charge on any atom is -0.300 e. The quantitative estimate of drug-likeness (QED) is 0.632. The van der Waals surface area contributed by atoms with Crippen LogP contribution in [0.3, 0.4) is 0 Å². The molecule has 90 valence electrons. The van der Waals surface area contributed by atoms with E-state index < -0.39 is 0 Å². The van der Waals surface area contributed by atoms with Gasteiger partial charge in [-0.2, -0.15) is 0 Å². The molecule has 1 heterocycles. The van der Waals surface area contributed by atoms with Gasteiger partial charge in [-0.05, 0) is 45.1 Å². The van der Waals surface area contributed by atoms with Crippen LogP contribution in [0, 0.1) is 5.41 Å². The summed E-state index contributed by atoms with van der Waals surface area (Å²) in [6, 6.07) is 0.765. The van der Waals surface area contributed by atoms with Crippen LogP contribution in [0.15, 0.2) is 0 Å². The summed E-state index contributed by atoms with van der Waals surface area (Å²) in [6.07, 6.45) is 8.97. The van der Waals surface area contributed by atoms with Crippen molar-refractivity contribution < 1.29 is 0 Å². The molecule has 2 rings (SSSR count). The Hall–Kier alpha value is -0.0400. The number of likely N-dealkylation sites (tertiary alicyclic amines) is 1. The highest BCUT2D eigenvalue weighted by atomic mass is 15.2. The second kappa shape index (κ2) is 5.89. The van der Waals surface area contributed by atoms with Gasteiger partial charge in [0, 0.05) is 12.6 Å². The molecule has 1 aliphatic carbocycles. The number of nitrogens with zero attached hydrogens (tertiary/aromatic N) is 1. The van der Waals surface area contributed by atoms with E-state index in [4.69, 9.17) is 0 Å². The lowest BCUT2D eigenvalue weighted by Gasteiger charge is -2.34. The van der Waals surface area contributed by atoms with Crippen LogP contribution in [0.1, 0.15) is 66.2 Å². The second-order valence-corrected chi connectivity index (χ2v) is 5.37. The third-order valence-electron chi connectivity index (χ3n) is 4.11. The van der Waals surface area contributed by atoms with Crippen LogP contribution in [0.25, 0.3) is 0 Å². The maximum absolute atomic E-state index is 2.67. The van der Waals surface area contributed by atoms with E-state index in [-0.39, 0.29) is 0 Å². The zero-order valence-electron chi connectivity index (χ0n) is 11.2. The summed E-state index contributed by atoms with van der Waals surface area (Å²) >= 11 is 0. The van der Waals surface area contributed by atoms with Crippen molar-refractivity contribution in [1.29, 1.82) is 0 Å². The monoisotopic (exact) mass is 211 g/mol. The summed E-state index contributed by atoms with van der Waals surface area (Å²) < 4.78 is 0. The molecule has 2 fully saturated rings. The summed E-state index contributed by atoms with van der Waals surface area (Å²) in [5.74, 6) is 0. The first-order valence-corrected chi connectivity index (χ1v) is 6.96. The third kappa shape index (κ3) is 3.21. The molecular formula is C14H29N. The van der Waals surface area contributed by atoms with Gasteiger partial charge in [-0.1, -0.05) is 33.1 Å². The zero-order chi connectivity index (χ0) is 11.3. The van der Waals surface area contributed by atoms with Crippen molar-refractivity contribution in [3.05, 3.63) is 0 Å². The summed E-state index contributed by atoms with van der Waals surface area (Å²) in [7, 11) is 0. The van der Waals surface area contributed by atoms with Gasteiger partial charge in [-0.25, -0.2) is 0 Å². The fourth-order valence-electron chi connectivity index (χ4n) is 3.12. The molecule has 2 aliphatic rings. The lowest BCUT2D eigenvalue weighted by molar-refractivity contribution is 0.171. The van der Waals surface area contributed by atoms with Crippen molar-refractivity contribution in [2.24, 2.45) is 5.41 Å². The fraction of sp³-hybridized carbons (Fsp3) is 1.00. The average Bonchev–Trinajstić information content (AvgIpc) is 2.67. The van der Waals surface area contributed by atoms with Gasteiger partial charge in [0.05, 0.1) is 0 Å². The molecule has 0 aromatic heterocycles. The first-order valence-electron chi connectivity index (χ1n) is 6.96. The first-order chi connectivity index (χ1) is 7.22. The highest BCUT2D eigenvalue weighted by Gasteiger charge is 2.39. The largest absolute Gasteiger partial charge is 0.300 e. The molecule has 1 heteroatoms. The fourth-order valence-corrected chi connectivity index (χ4v) is 3.12. The number of hydrogen-bond acceptors (Lipinski definition) is 1. The molecule has 1 spiro atoms. The van der Waals surface area contributed by atoms with Crippen LogP contribution < -0.4 is 0 Å². The molecule has 1 saturated heterocycles. The molecule has 0 N–H and O–H groups in total. The summed E-state index contributed by atoms with van der Waals surface area (Å²) in [4.78, 5) is 2.67. The van der Waals surface area contributed by atoms with Gasteiger partial charge < -0.3 is 4.90 Å². The van der Waals surface area contributed by atoms with Gasteiger partial charge in [0.15, 0.2) is 0 Å². The first kappa shape index (κ1) is 13.0. The van der Waals surface area contributed by atoms with Gasteiger partial charge in [-0.15, -0.1) is 0 Å². The van der Waals surface area contributed by atoms with E-state index in [0.717, 1.165) is 11.5 Å². The van der Waals surface area contributed by atoms with Crippen LogP contribution in [-0.4, -0.2) is 24.0 Å². The van der Waals surface area contributed by atoms with Gasteiger partial charge in [0.1, 0.15) is 0 Å². The highest BCUT2D eigenvalue weighted by molar-refractivity contribution is 4.92. The van der Waals surface area contributed by atoms with Crippen LogP contribution >= 0.6 is 0 Å². The molecule has 15 heavy (non-hydrogen) atoms. The minimum absolute atomic E-state index is 0.752. The summed E-state index contributed by atoms with van der Waals surface area (Å²) in [5.41, 5.74) is 0.752. The topological polar surface area (TPSA) is 3.24 Å². The molecule has 1 saturated carbocycles. The van der Waals surface area contributed by atoms with E-state index in [1.807, 2.05) is 13.8 Å². The Bertz CT molecular complexity index is 168. The van der Waals surface area contributed by atoms with Gasteiger partial charge >= 0.3 is 0 Å². The summed E-state index contributed by atoms with van der Waals surface area (Å²) in [6.45, 7) is 11.4. The van der Waals surface area contributed by atoms with Crippen LogP contribution in [-0.2, 0) is 0 Å². The van der Waals surface area contributed by atoms with Crippen LogP contribution in [0.2, 0.25) is 0 Å². The van der Waals surface area contributed by atoms with E-state index in [2.05, 4.69) is 18.7 Å². The average molecular weight is 211 g/mol. The maximum atomic E-state index is 2.67. The van der Waals surface area contributed by atoms with Gasteiger partial charge in [-0.3, -0.25) is 0 Å². The van der Waals surface area contributed by atoms with E-state index in [0.29, 0.717) is 0 Å². The van der Waals surface area contributed by atoms with E-state index in [1.54, 1.807) is 0 Å². The standard InChI is InChI=1S/C12H23N.C2H6/c1-11(2)13-9-8-12(10-13)6-4-3-5-7-12;1-2/h11H,3-10H2,1-2H3;1-2H3. The Morgan fingerprint density at radius 2 is 1.53 bits per heavy atom. The molecule has 0 aromatic carbocycles. The van der Waals surface area contributed by atoms with Crippen LogP contribution in [0.4, 0.5) is 0 Å². The normalized spacial score (nSPS) is 25.4. The molecule has 0 amide bonds. The second-order valence-electron chi connectivity index (χ2n) is 5.37. The van der Waals surface area contributed by atoms with Crippen molar-refractivity contribution in [2.75, 3.05) is 13.1 Å². The molecule has 0 bridgehead atoms. The minimum atomic E-state index is 0.752. The molecule has 1 aliphatic heterocycles. The maximum Gasteiger partial charge on any atom is 0.00412 e. The Balaban J connectivity index is 0.000000531. The molecular weight excluding hydrogens is 182 g/mol. The molecule has 1 nitrogen and oxygen atoms in total.